The molecular formula is C21H28N2O4S. The van der Waals surface area contributed by atoms with Crippen LogP contribution in [0.2, 0.25) is 0 Å². The molecule has 2 aromatic carbocycles. The lowest BCUT2D eigenvalue weighted by Gasteiger charge is -2.15. The van der Waals surface area contributed by atoms with Crippen molar-refractivity contribution in [3.05, 3.63) is 48.0 Å². The van der Waals surface area contributed by atoms with Gasteiger partial charge in [-0.3, -0.25) is 4.79 Å². The Morgan fingerprint density at radius 3 is 2.39 bits per heavy atom. The van der Waals surface area contributed by atoms with Crippen LogP contribution in [0.4, 0.5) is 5.69 Å². The van der Waals surface area contributed by atoms with Crippen molar-refractivity contribution in [1.29, 1.82) is 0 Å². The summed E-state index contributed by atoms with van der Waals surface area (Å²) >= 11 is 0. The van der Waals surface area contributed by atoms with Crippen LogP contribution in [-0.2, 0) is 14.6 Å². The molecule has 0 aromatic heterocycles. The fourth-order valence-corrected chi connectivity index (χ4v) is 4.13. The van der Waals surface area contributed by atoms with Gasteiger partial charge >= 0.3 is 0 Å². The van der Waals surface area contributed by atoms with E-state index in [0.717, 1.165) is 12.0 Å². The molecule has 0 aliphatic rings. The first-order valence-electron chi connectivity index (χ1n) is 9.39. The van der Waals surface area contributed by atoms with Gasteiger partial charge in [-0.2, -0.15) is 0 Å². The predicted molar refractivity (Wildman–Crippen MR) is 111 cm³/mol. The predicted octanol–water partition coefficient (Wildman–Crippen LogP) is 3.55. The van der Waals surface area contributed by atoms with Gasteiger partial charge in [-0.15, -0.1) is 0 Å². The van der Waals surface area contributed by atoms with Crippen molar-refractivity contribution in [1.82, 2.24) is 5.32 Å². The van der Waals surface area contributed by atoms with Crippen molar-refractivity contribution in [2.45, 2.75) is 49.9 Å². The largest absolute Gasteiger partial charge is 0.494 e. The molecule has 2 rings (SSSR count). The molecule has 1 unspecified atom stereocenters. The van der Waals surface area contributed by atoms with Crippen molar-refractivity contribution < 1.29 is 17.9 Å². The summed E-state index contributed by atoms with van der Waals surface area (Å²) in [7, 11) is -3.75. The van der Waals surface area contributed by atoms with Gasteiger partial charge in [-0.25, -0.2) is 8.42 Å². The van der Waals surface area contributed by atoms with Crippen molar-refractivity contribution in [2.75, 3.05) is 18.5 Å². The molecule has 6 nitrogen and oxygen atoms in total. The Bertz CT molecular complexity index is 909. The van der Waals surface area contributed by atoms with E-state index in [4.69, 9.17) is 4.74 Å². The number of hydrogen-bond donors (Lipinski definition) is 2. The molecule has 152 valence electrons. The lowest BCUT2D eigenvalue weighted by Crippen LogP contribution is -2.36. The number of sulfone groups is 1. The van der Waals surface area contributed by atoms with Gasteiger partial charge in [0.05, 0.1) is 28.6 Å². The fraction of sp³-hybridized carbons (Fsp3) is 0.381. The molecule has 0 saturated heterocycles. The minimum absolute atomic E-state index is 0.000795. The topological polar surface area (TPSA) is 84.5 Å². The van der Waals surface area contributed by atoms with Gasteiger partial charge in [0.15, 0.2) is 0 Å². The molecule has 1 atom stereocenters. The van der Waals surface area contributed by atoms with Crippen LogP contribution < -0.4 is 15.4 Å². The number of nitrogens with one attached hydrogen (secondary N) is 2. The van der Waals surface area contributed by atoms with E-state index in [-0.39, 0.29) is 28.3 Å². The van der Waals surface area contributed by atoms with E-state index in [1.807, 2.05) is 33.8 Å². The molecule has 0 fully saturated rings. The first kappa shape index (κ1) is 21.8. The summed E-state index contributed by atoms with van der Waals surface area (Å²) in [4.78, 5) is 12.4. The third-order valence-corrected chi connectivity index (χ3v) is 6.14. The van der Waals surface area contributed by atoms with E-state index in [2.05, 4.69) is 10.6 Å². The molecule has 0 aliphatic carbocycles. The lowest BCUT2D eigenvalue weighted by molar-refractivity contribution is -0.120. The van der Waals surface area contributed by atoms with Gasteiger partial charge in [-0.1, -0.05) is 13.0 Å². The van der Waals surface area contributed by atoms with Crippen LogP contribution in [0, 0.1) is 6.92 Å². The summed E-state index contributed by atoms with van der Waals surface area (Å²) in [6, 6.07) is 11.5. The Morgan fingerprint density at radius 1 is 1.11 bits per heavy atom. The number of hydrogen-bond acceptors (Lipinski definition) is 5. The molecule has 0 heterocycles. The van der Waals surface area contributed by atoms with Crippen LogP contribution in [0.5, 0.6) is 5.75 Å². The van der Waals surface area contributed by atoms with Crippen LogP contribution in [0.1, 0.15) is 32.8 Å². The average molecular weight is 405 g/mol. The summed E-state index contributed by atoms with van der Waals surface area (Å²) in [6.07, 6.45) is 0.827. The van der Waals surface area contributed by atoms with Crippen LogP contribution in [0.3, 0.4) is 0 Å². The number of amides is 1. The summed E-state index contributed by atoms with van der Waals surface area (Å²) in [6.45, 7) is 8.12. The van der Waals surface area contributed by atoms with Crippen molar-refractivity contribution in [3.8, 4) is 5.75 Å². The Balaban J connectivity index is 2.28. The second kappa shape index (κ2) is 9.59. The molecule has 0 spiro atoms. The molecule has 2 aromatic rings. The van der Waals surface area contributed by atoms with Gasteiger partial charge in [-0.05, 0) is 69.2 Å². The normalized spacial score (nSPS) is 12.3. The summed E-state index contributed by atoms with van der Waals surface area (Å²) in [5.74, 6) is 0.435. The molecule has 2 N–H and O–H groups in total. The number of benzene rings is 2. The SMILES string of the molecule is CCOc1ccc(S(=O)(=O)c2cc(C)ccc2NCC(=O)NC(C)CC)cc1. The highest BCUT2D eigenvalue weighted by atomic mass is 32.2. The lowest BCUT2D eigenvalue weighted by atomic mass is 10.2. The number of ether oxygens (including phenoxy) is 1. The quantitative estimate of drug-likeness (QED) is 0.668. The van der Waals surface area contributed by atoms with E-state index in [0.29, 0.717) is 18.0 Å². The highest BCUT2D eigenvalue weighted by molar-refractivity contribution is 7.91. The standard InChI is InChI=1S/C21H28N2O4S/c1-5-16(4)23-21(24)14-22-19-12-7-15(3)13-20(19)28(25,26)18-10-8-17(9-11-18)27-6-2/h7-13,16,22H,5-6,14H2,1-4H3,(H,23,24). The van der Waals surface area contributed by atoms with Crippen LogP contribution >= 0.6 is 0 Å². The summed E-state index contributed by atoms with van der Waals surface area (Å²) in [5, 5.41) is 5.82. The van der Waals surface area contributed by atoms with E-state index in [9.17, 15) is 13.2 Å². The monoisotopic (exact) mass is 404 g/mol. The minimum Gasteiger partial charge on any atom is -0.494 e. The van der Waals surface area contributed by atoms with E-state index in [1.54, 1.807) is 24.3 Å². The van der Waals surface area contributed by atoms with E-state index >= 15 is 0 Å². The second-order valence-electron chi connectivity index (χ2n) is 6.64. The third-order valence-electron chi connectivity index (χ3n) is 4.33. The molecule has 28 heavy (non-hydrogen) atoms. The highest BCUT2D eigenvalue weighted by Crippen LogP contribution is 2.29. The zero-order valence-electron chi connectivity index (χ0n) is 16.8. The van der Waals surface area contributed by atoms with Gasteiger partial charge in [0.1, 0.15) is 5.75 Å². The smallest absolute Gasteiger partial charge is 0.239 e. The highest BCUT2D eigenvalue weighted by Gasteiger charge is 2.22. The van der Waals surface area contributed by atoms with Gasteiger partial charge in [0.25, 0.3) is 0 Å². The number of carbonyl (C=O) groups is 1. The third kappa shape index (κ3) is 5.48. The fourth-order valence-electron chi connectivity index (χ4n) is 2.61. The maximum Gasteiger partial charge on any atom is 0.239 e. The molecule has 0 aliphatic heterocycles. The van der Waals surface area contributed by atoms with E-state index < -0.39 is 9.84 Å². The number of aryl methyl sites for hydroxylation is 1. The first-order valence-corrected chi connectivity index (χ1v) is 10.9. The second-order valence-corrected chi connectivity index (χ2v) is 8.56. The van der Waals surface area contributed by atoms with Gasteiger partial charge in [0, 0.05) is 6.04 Å². The molecule has 0 saturated carbocycles. The Kier molecular flexibility index (Phi) is 7.45. The zero-order valence-corrected chi connectivity index (χ0v) is 17.6. The molecule has 0 radical (unpaired) electrons. The van der Waals surface area contributed by atoms with E-state index in [1.165, 1.54) is 12.1 Å². The Hall–Kier alpha value is -2.54. The van der Waals surface area contributed by atoms with Crippen LogP contribution in [0.25, 0.3) is 0 Å². The van der Waals surface area contributed by atoms with Gasteiger partial charge < -0.3 is 15.4 Å². The summed E-state index contributed by atoms with van der Waals surface area (Å²) < 4.78 is 31.7. The zero-order chi connectivity index (χ0) is 20.7. The maximum absolute atomic E-state index is 13.2. The Morgan fingerprint density at radius 2 is 1.79 bits per heavy atom. The van der Waals surface area contributed by atoms with Crippen LogP contribution in [0.15, 0.2) is 52.3 Å². The number of carbonyl (C=O) groups excluding carboxylic acids is 1. The number of rotatable bonds is 9. The average Bonchev–Trinajstić information content (AvgIpc) is 2.67. The molecule has 1 amide bonds. The van der Waals surface area contributed by atoms with Crippen molar-refractivity contribution in [2.24, 2.45) is 0 Å². The molecular weight excluding hydrogens is 376 g/mol. The minimum atomic E-state index is -3.75. The molecule has 7 heteroatoms. The maximum atomic E-state index is 13.2. The van der Waals surface area contributed by atoms with Crippen molar-refractivity contribution in [3.63, 3.8) is 0 Å². The van der Waals surface area contributed by atoms with Crippen LogP contribution in [-0.4, -0.2) is 33.5 Å². The molecule has 0 bridgehead atoms. The van der Waals surface area contributed by atoms with Crippen molar-refractivity contribution >= 4 is 21.4 Å². The Labute approximate surface area is 167 Å². The first-order chi connectivity index (χ1) is 13.3. The van der Waals surface area contributed by atoms with Gasteiger partial charge in [0.2, 0.25) is 15.7 Å². The summed E-state index contributed by atoms with van der Waals surface area (Å²) in [5.41, 5.74) is 1.22. The number of anilines is 1.